The summed E-state index contributed by atoms with van der Waals surface area (Å²) >= 11 is 6.66. The van der Waals surface area contributed by atoms with Gasteiger partial charge in [0.05, 0.1) is 28.9 Å². The van der Waals surface area contributed by atoms with E-state index in [-0.39, 0.29) is 29.2 Å². The zero-order valence-electron chi connectivity index (χ0n) is 19.5. The van der Waals surface area contributed by atoms with Gasteiger partial charge in [0.15, 0.2) is 5.43 Å². The highest BCUT2D eigenvalue weighted by Crippen LogP contribution is 2.50. The first-order chi connectivity index (χ1) is 16.3. The molecule has 0 radical (unpaired) electrons. The van der Waals surface area contributed by atoms with Crippen molar-refractivity contribution in [1.29, 1.82) is 0 Å². The lowest BCUT2D eigenvalue weighted by molar-refractivity contribution is 0.0523. The summed E-state index contributed by atoms with van der Waals surface area (Å²) in [7, 11) is 0. The monoisotopic (exact) mass is 478 g/mol. The number of pyridine rings is 1. The molecule has 1 atom stereocenters. The van der Waals surface area contributed by atoms with E-state index in [2.05, 4.69) is 18.9 Å². The highest BCUT2D eigenvalue weighted by Gasteiger charge is 2.45. The van der Waals surface area contributed by atoms with Crippen molar-refractivity contribution in [2.45, 2.75) is 51.8 Å². The molecule has 0 aliphatic carbocycles. The van der Waals surface area contributed by atoms with E-state index in [9.17, 15) is 9.59 Å². The van der Waals surface area contributed by atoms with Crippen LogP contribution in [0.2, 0.25) is 5.02 Å². The molecule has 1 saturated heterocycles. The van der Waals surface area contributed by atoms with Gasteiger partial charge >= 0.3 is 5.97 Å². The van der Waals surface area contributed by atoms with Gasteiger partial charge in [0.1, 0.15) is 17.9 Å². The van der Waals surface area contributed by atoms with Gasteiger partial charge in [0.2, 0.25) is 0 Å². The quantitative estimate of drug-likeness (QED) is 0.454. The number of benzene rings is 2. The Morgan fingerprint density at radius 1 is 1.18 bits per heavy atom. The van der Waals surface area contributed by atoms with Crippen molar-refractivity contribution in [2.24, 2.45) is 0 Å². The zero-order valence-corrected chi connectivity index (χ0v) is 20.3. The number of hydrogen-bond donors (Lipinski definition) is 0. The van der Waals surface area contributed by atoms with Crippen LogP contribution in [0, 0.1) is 0 Å². The highest BCUT2D eigenvalue weighted by molar-refractivity contribution is 6.32. The summed E-state index contributed by atoms with van der Waals surface area (Å²) in [5, 5.41) is 2.73. The van der Waals surface area contributed by atoms with Crippen LogP contribution in [0.1, 0.15) is 61.1 Å². The maximum Gasteiger partial charge on any atom is 0.343 e. The number of esters is 1. The average Bonchev–Trinajstić information content (AvgIpc) is 3.14. The molecule has 3 aromatic rings. The zero-order chi connectivity index (χ0) is 24.0. The van der Waals surface area contributed by atoms with Gasteiger partial charge in [0, 0.05) is 17.8 Å². The lowest BCUT2D eigenvalue weighted by Crippen LogP contribution is -2.50. The predicted octanol–water partition coefficient (Wildman–Crippen LogP) is 5.49. The molecule has 2 aliphatic rings. The Hall–Kier alpha value is -3.25. The van der Waals surface area contributed by atoms with Crippen molar-refractivity contribution in [1.82, 2.24) is 4.68 Å². The van der Waals surface area contributed by atoms with Gasteiger partial charge in [-0.2, -0.15) is 0 Å². The summed E-state index contributed by atoms with van der Waals surface area (Å²) in [6, 6.07) is 15.4. The smallest absolute Gasteiger partial charge is 0.343 e. The average molecular weight is 479 g/mol. The number of ether oxygens (including phenoxy) is 2. The molecule has 3 heterocycles. The predicted molar refractivity (Wildman–Crippen MR) is 132 cm³/mol. The van der Waals surface area contributed by atoms with E-state index in [0.29, 0.717) is 23.1 Å². The first-order valence-corrected chi connectivity index (χ1v) is 11.9. The Balaban J connectivity index is 1.62. The Morgan fingerprint density at radius 3 is 2.68 bits per heavy atom. The van der Waals surface area contributed by atoms with Crippen LogP contribution >= 0.6 is 11.6 Å². The number of hydrogen-bond acceptors (Lipinski definition) is 5. The third kappa shape index (κ3) is 3.76. The maximum absolute atomic E-state index is 12.9. The van der Waals surface area contributed by atoms with Crippen LogP contribution in [-0.4, -0.2) is 22.8 Å². The van der Waals surface area contributed by atoms with Crippen molar-refractivity contribution in [3.63, 3.8) is 0 Å². The molecule has 1 aromatic heterocycles. The summed E-state index contributed by atoms with van der Waals surface area (Å²) in [5.74, 6) is 0.0118. The molecule has 0 amide bonds. The Bertz CT molecular complexity index is 1320. The van der Waals surface area contributed by atoms with Crippen molar-refractivity contribution in [3.05, 3.63) is 86.7 Å². The number of aromatic nitrogens is 1. The summed E-state index contributed by atoms with van der Waals surface area (Å²) in [6.07, 6.45) is 3.51. The van der Waals surface area contributed by atoms with Gasteiger partial charge in [0.25, 0.3) is 0 Å². The number of carbonyl (C=O) groups excluding carboxylic acids is 1. The summed E-state index contributed by atoms with van der Waals surface area (Å²) < 4.78 is 13.2. The van der Waals surface area contributed by atoms with Crippen LogP contribution < -0.4 is 15.2 Å². The van der Waals surface area contributed by atoms with Crippen LogP contribution in [-0.2, 0) is 11.3 Å². The van der Waals surface area contributed by atoms with Gasteiger partial charge in [-0.1, -0.05) is 41.9 Å². The fourth-order valence-electron chi connectivity index (χ4n) is 5.06. The first-order valence-electron chi connectivity index (χ1n) is 11.5. The van der Waals surface area contributed by atoms with E-state index in [1.807, 2.05) is 47.1 Å². The topological polar surface area (TPSA) is 60.8 Å². The third-order valence-corrected chi connectivity index (χ3v) is 6.98. The minimum absolute atomic E-state index is 0.0319. The van der Waals surface area contributed by atoms with Crippen molar-refractivity contribution in [2.75, 3.05) is 11.6 Å². The lowest BCUT2D eigenvalue weighted by atomic mass is 9.94. The van der Waals surface area contributed by atoms with Crippen LogP contribution in [0.5, 0.6) is 5.75 Å². The number of halogens is 1. The molecule has 7 heteroatoms. The Kier molecular flexibility index (Phi) is 5.64. The Morgan fingerprint density at radius 2 is 1.94 bits per heavy atom. The van der Waals surface area contributed by atoms with Gasteiger partial charge in [-0.15, -0.1) is 0 Å². The van der Waals surface area contributed by atoms with Crippen LogP contribution in [0.15, 0.2) is 59.5 Å². The second-order valence-electron chi connectivity index (χ2n) is 9.36. The fourth-order valence-corrected chi connectivity index (χ4v) is 5.27. The largest absolute Gasteiger partial charge is 0.487 e. The SMILES string of the molecule is CCOC(=O)c1cn2c(cc1=O)-c1cc(Cl)c(OCc3ccccc3)cc1C1CCC(C)(C)N12. The molecule has 6 nitrogen and oxygen atoms in total. The Labute approximate surface area is 203 Å². The molecule has 34 heavy (non-hydrogen) atoms. The molecule has 2 aliphatic heterocycles. The molecule has 1 unspecified atom stereocenters. The number of rotatable bonds is 5. The summed E-state index contributed by atoms with van der Waals surface area (Å²) in [6.45, 7) is 6.70. The third-order valence-electron chi connectivity index (χ3n) is 6.68. The van der Waals surface area contributed by atoms with Crippen molar-refractivity contribution in [3.8, 4) is 17.0 Å². The van der Waals surface area contributed by atoms with Gasteiger partial charge < -0.3 is 9.47 Å². The van der Waals surface area contributed by atoms with Gasteiger partial charge in [-0.25, -0.2) is 4.79 Å². The first kappa shape index (κ1) is 22.5. The molecule has 5 rings (SSSR count). The summed E-state index contributed by atoms with van der Waals surface area (Å²) in [5.41, 5.74) is 3.20. The molecule has 176 valence electrons. The molecule has 1 fully saturated rings. The van der Waals surface area contributed by atoms with E-state index in [1.54, 1.807) is 13.1 Å². The molecule has 2 aromatic carbocycles. The van der Waals surface area contributed by atoms with E-state index in [0.717, 1.165) is 29.5 Å². The number of fused-ring (bicyclic) bond motifs is 6. The van der Waals surface area contributed by atoms with E-state index in [1.165, 1.54) is 6.07 Å². The molecule has 0 spiro atoms. The molecule has 0 bridgehead atoms. The standard InChI is InChI=1S/C27H27ClN2O4/c1-4-33-26(32)20-15-29-23(14-24(20)31)18-12-21(28)25(34-16-17-8-6-5-7-9-17)13-19(18)22-10-11-27(2,3)30(22)29/h5-9,12-15,22H,4,10-11,16H2,1-3H3. The molecular formula is C27H27ClN2O4. The summed E-state index contributed by atoms with van der Waals surface area (Å²) in [4.78, 5) is 25.3. The normalized spacial score (nSPS) is 17.5. The van der Waals surface area contributed by atoms with Crippen LogP contribution in [0.3, 0.4) is 0 Å². The number of nitrogens with zero attached hydrogens (tertiary/aromatic N) is 2. The molecule has 0 saturated carbocycles. The fraction of sp³-hybridized carbons (Fsp3) is 0.333. The van der Waals surface area contributed by atoms with Gasteiger partial charge in [-0.05, 0) is 56.9 Å². The second-order valence-corrected chi connectivity index (χ2v) is 9.76. The van der Waals surface area contributed by atoms with E-state index >= 15 is 0 Å². The minimum atomic E-state index is -0.607. The highest BCUT2D eigenvalue weighted by atomic mass is 35.5. The molecule has 0 N–H and O–H groups in total. The van der Waals surface area contributed by atoms with Crippen LogP contribution in [0.4, 0.5) is 0 Å². The van der Waals surface area contributed by atoms with Crippen molar-refractivity contribution >= 4 is 17.6 Å². The number of carbonyl (C=O) groups is 1. The second kappa shape index (κ2) is 8.51. The van der Waals surface area contributed by atoms with Gasteiger partial charge in [-0.3, -0.25) is 14.5 Å². The van der Waals surface area contributed by atoms with Crippen molar-refractivity contribution < 1.29 is 14.3 Å². The lowest BCUT2D eigenvalue weighted by Gasteiger charge is -2.44. The van der Waals surface area contributed by atoms with E-state index < -0.39 is 5.97 Å². The minimum Gasteiger partial charge on any atom is -0.487 e. The van der Waals surface area contributed by atoms with E-state index in [4.69, 9.17) is 21.1 Å². The van der Waals surface area contributed by atoms with Crippen LogP contribution in [0.25, 0.3) is 11.3 Å². The molecular weight excluding hydrogens is 452 g/mol. The maximum atomic E-state index is 12.9.